The Bertz CT molecular complexity index is 1440. The van der Waals surface area contributed by atoms with Gasteiger partial charge in [-0.2, -0.15) is 0 Å². The minimum atomic E-state index is -0.161. The van der Waals surface area contributed by atoms with E-state index in [1.165, 1.54) is 0 Å². The molecule has 0 atom stereocenters. The molecule has 4 heteroatoms. The summed E-state index contributed by atoms with van der Waals surface area (Å²) in [4.78, 5) is 13.0. The highest BCUT2D eigenvalue weighted by Gasteiger charge is 2.14. The van der Waals surface area contributed by atoms with Crippen molar-refractivity contribution in [3.8, 4) is 11.5 Å². The number of benzene rings is 3. The van der Waals surface area contributed by atoms with E-state index in [-0.39, 0.29) is 10.8 Å². The lowest BCUT2D eigenvalue weighted by Crippen LogP contribution is -2.24. The third-order valence-electron chi connectivity index (χ3n) is 5.16. The van der Waals surface area contributed by atoms with Crippen LogP contribution >= 0.6 is 0 Å². The second kappa shape index (κ2) is 6.67. The Morgan fingerprint density at radius 2 is 1.79 bits per heavy atom. The van der Waals surface area contributed by atoms with Gasteiger partial charge in [0.1, 0.15) is 22.8 Å². The Balaban J connectivity index is 1.69. The molecule has 0 saturated carbocycles. The van der Waals surface area contributed by atoms with Crippen LogP contribution in [-0.2, 0) is 0 Å². The summed E-state index contributed by atoms with van der Waals surface area (Å²) in [6, 6.07) is 17.1. The first-order valence-corrected chi connectivity index (χ1v) is 9.35. The molecule has 0 fully saturated rings. The zero-order valence-corrected chi connectivity index (χ0v) is 16.1. The molecule has 0 unspecified atom stereocenters. The van der Waals surface area contributed by atoms with Gasteiger partial charge in [-0.3, -0.25) is 4.79 Å². The van der Waals surface area contributed by atoms with E-state index in [1.807, 2.05) is 55.5 Å². The number of rotatable bonds is 2. The summed E-state index contributed by atoms with van der Waals surface area (Å²) in [6.45, 7) is 1.98. The first kappa shape index (κ1) is 17.3. The highest BCUT2D eigenvalue weighted by molar-refractivity contribution is 6.09. The highest BCUT2D eigenvalue weighted by Crippen LogP contribution is 2.32. The molecule has 0 N–H and O–H groups in total. The summed E-state index contributed by atoms with van der Waals surface area (Å²) in [6.07, 6.45) is 5.52. The first-order chi connectivity index (χ1) is 14.2. The predicted molar refractivity (Wildman–Crippen MR) is 115 cm³/mol. The van der Waals surface area contributed by atoms with Crippen molar-refractivity contribution in [2.45, 2.75) is 6.92 Å². The molecule has 0 aliphatic carbocycles. The summed E-state index contributed by atoms with van der Waals surface area (Å²) in [5.74, 6) is 2.19. The van der Waals surface area contributed by atoms with E-state index in [0.29, 0.717) is 22.5 Å². The molecule has 0 radical (unpaired) electrons. The van der Waals surface area contributed by atoms with E-state index in [0.717, 1.165) is 27.7 Å². The summed E-state index contributed by atoms with van der Waals surface area (Å²) in [7, 11) is 1.62. The number of allylic oxidation sites excluding steroid dienone is 2. The van der Waals surface area contributed by atoms with Crippen LogP contribution in [0.3, 0.4) is 0 Å². The molecule has 1 aliphatic heterocycles. The Kier molecular flexibility index (Phi) is 3.98. The van der Waals surface area contributed by atoms with Gasteiger partial charge in [0, 0.05) is 21.7 Å². The quantitative estimate of drug-likeness (QED) is 0.498. The molecule has 0 spiro atoms. The third-order valence-corrected chi connectivity index (χ3v) is 5.16. The minimum absolute atomic E-state index is 0.161. The lowest BCUT2D eigenvalue weighted by Gasteiger charge is -2.17. The van der Waals surface area contributed by atoms with Gasteiger partial charge in [0.05, 0.1) is 7.11 Å². The molecule has 0 bridgehead atoms. The summed E-state index contributed by atoms with van der Waals surface area (Å²) in [5.41, 5.74) is 2.76. The van der Waals surface area contributed by atoms with Gasteiger partial charge in [0.2, 0.25) is 5.43 Å². The number of hydrogen-bond donors (Lipinski definition) is 0. The van der Waals surface area contributed by atoms with Crippen LogP contribution in [0.1, 0.15) is 12.5 Å². The van der Waals surface area contributed by atoms with E-state index < -0.39 is 0 Å². The zero-order valence-electron chi connectivity index (χ0n) is 16.1. The maximum absolute atomic E-state index is 13.0. The number of ether oxygens (including phenoxy) is 2. The molecule has 5 rings (SSSR count). The van der Waals surface area contributed by atoms with Crippen molar-refractivity contribution in [3.05, 3.63) is 93.2 Å². The third kappa shape index (κ3) is 2.81. The monoisotopic (exact) mass is 382 g/mol. The van der Waals surface area contributed by atoms with Crippen molar-refractivity contribution < 1.29 is 13.9 Å². The number of hydrogen-bond acceptors (Lipinski definition) is 4. The van der Waals surface area contributed by atoms with Crippen molar-refractivity contribution >= 4 is 33.9 Å². The number of methoxy groups -OCH3 is 1. The molecule has 2 heterocycles. The van der Waals surface area contributed by atoms with Gasteiger partial charge in [0.15, 0.2) is 5.42 Å². The smallest absolute Gasteiger partial charge is 0.228 e. The molecule has 1 aliphatic rings. The van der Waals surface area contributed by atoms with Crippen LogP contribution in [0, 0.1) is 0 Å². The van der Waals surface area contributed by atoms with Gasteiger partial charge >= 0.3 is 0 Å². The van der Waals surface area contributed by atoms with Crippen molar-refractivity contribution in [1.82, 2.24) is 0 Å². The van der Waals surface area contributed by atoms with Crippen molar-refractivity contribution in [2.24, 2.45) is 0 Å². The average Bonchev–Trinajstić information content (AvgIpc) is 2.75. The lowest BCUT2D eigenvalue weighted by molar-refractivity contribution is 0.420. The van der Waals surface area contributed by atoms with Crippen molar-refractivity contribution in [2.75, 3.05) is 7.11 Å². The van der Waals surface area contributed by atoms with E-state index in [9.17, 15) is 4.79 Å². The fourth-order valence-electron chi connectivity index (χ4n) is 3.72. The van der Waals surface area contributed by atoms with Crippen molar-refractivity contribution in [1.29, 1.82) is 0 Å². The molecule has 1 aromatic heterocycles. The SMILES string of the molecule is COc1ccc2c(=O)/c(=C/C=C3\Oc4ccccc4C=C3C)oc3cccc1c32. The van der Waals surface area contributed by atoms with Crippen LogP contribution in [0.15, 0.2) is 81.2 Å². The fraction of sp³-hybridized carbons (Fsp3) is 0.0800. The molecule has 4 aromatic rings. The average molecular weight is 382 g/mol. The number of fused-ring (bicyclic) bond motifs is 1. The molecular weight excluding hydrogens is 364 g/mol. The Morgan fingerprint density at radius 3 is 2.66 bits per heavy atom. The maximum Gasteiger partial charge on any atom is 0.228 e. The zero-order chi connectivity index (χ0) is 20.0. The number of para-hydroxylation sites is 1. The summed E-state index contributed by atoms with van der Waals surface area (Å²) in [5, 5.41) is 2.24. The fourth-order valence-corrected chi connectivity index (χ4v) is 3.72. The molecule has 142 valence electrons. The van der Waals surface area contributed by atoms with E-state index >= 15 is 0 Å². The van der Waals surface area contributed by atoms with Crippen LogP contribution < -0.4 is 20.3 Å². The van der Waals surface area contributed by atoms with Gasteiger partial charge < -0.3 is 13.9 Å². The van der Waals surface area contributed by atoms with Gasteiger partial charge in [-0.05, 0) is 55.0 Å². The Labute approximate surface area is 167 Å². The normalized spacial score (nSPS) is 15.4. The van der Waals surface area contributed by atoms with Crippen LogP contribution in [0.4, 0.5) is 0 Å². The molecule has 0 saturated heterocycles. The van der Waals surface area contributed by atoms with E-state index in [1.54, 1.807) is 25.3 Å². The van der Waals surface area contributed by atoms with Gasteiger partial charge in [0.25, 0.3) is 0 Å². The maximum atomic E-state index is 13.0. The molecular formula is C25H18O4. The Morgan fingerprint density at radius 1 is 0.931 bits per heavy atom. The lowest BCUT2D eigenvalue weighted by atomic mass is 10.0. The second-order valence-corrected chi connectivity index (χ2v) is 6.95. The molecule has 4 nitrogen and oxygen atoms in total. The second-order valence-electron chi connectivity index (χ2n) is 6.95. The molecule has 0 amide bonds. The van der Waals surface area contributed by atoms with E-state index in [2.05, 4.69) is 6.08 Å². The standard InChI is InChI=1S/C25H18O4/c1-15-14-16-6-3-4-8-20(16)28-19(15)12-13-23-25(26)18-10-11-21(27-2)17-7-5-9-22(29-23)24(17)18/h3-14H,1-2H3/b19-12-,23-13-. The highest BCUT2D eigenvalue weighted by atomic mass is 16.5. The summed E-state index contributed by atoms with van der Waals surface area (Å²) >= 11 is 0. The Hall–Kier alpha value is -3.79. The van der Waals surface area contributed by atoms with Crippen LogP contribution in [-0.4, -0.2) is 7.11 Å². The van der Waals surface area contributed by atoms with Crippen molar-refractivity contribution in [3.63, 3.8) is 0 Å². The first-order valence-electron chi connectivity index (χ1n) is 9.35. The van der Waals surface area contributed by atoms with E-state index in [4.69, 9.17) is 13.9 Å². The van der Waals surface area contributed by atoms with Crippen LogP contribution in [0.5, 0.6) is 11.5 Å². The molecule has 29 heavy (non-hydrogen) atoms. The molecule has 3 aromatic carbocycles. The van der Waals surface area contributed by atoms with Gasteiger partial charge in [-0.15, -0.1) is 0 Å². The topological polar surface area (TPSA) is 48.7 Å². The predicted octanol–water partition coefficient (Wildman–Crippen LogP) is 4.83. The van der Waals surface area contributed by atoms with Crippen LogP contribution in [0.2, 0.25) is 0 Å². The van der Waals surface area contributed by atoms with Crippen LogP contribution in [0.25, 0.3) is 33.9 Å². The van der Waals surface area contributed by atoms with Gasteiger partial charge in [-0.1, -0.05) is 30.3 Å². The summed E-state index contributed by atoms with van der Waals surface area (Å²) < 4.78 is 17.4. The minimum Gasteiger partial charge on any atom is -0.496 e. The van der Waals surface area contributed by atoms with Gasteiger partial charge in [-0.25, -0.2) is 0 Å². The largest absolute Gasteiger partial charge is 0.496 e.